The van der Waals surface area contributed by atoms with Crippen LogP contribution >= 0.6 is 11.6 Å². The van der Waals surface area contributed by atoms with Crippen LogP contribution < -0.4 is 10.1 Å². The van der Waals surface area contributed by atoms with Gasteiger partial charge in [-0.1, -0.05) is 41.9 Å². The zero-order valence-corrected chi connectivity index (χ0v) is 17.0. The Bertz CT molecular complexity index is 1160. The summed E-state index contributed by atoms with van der Waals surface area (Å²) in [5.41, 5.74) is 2.16. The molecule has 0 aliphatic heterocycles. The molecule has 2 N–H and O–H groups in total. The van der Waals surface area contributed by atoms with E-state index in [-0.39, 0.29) is 17.7 Å². The fraction of sp³-hybridized carbons (Fsp3) is 0.0417. The van der Waals surface area contributed by atoms with Crippen molar-refractivity contribution in [2.75, 3.05) is 5.32 Å². The molecule has 0 saturated carbocycles. The van der Waals surface area contributed by atoms with Gasteiger partial charge in [0.1, 0.15) is 24.0 Å². The van der Waals surface area contributed by atoms with Gasteiger partial charge in [0, 0.05) is 10.7 Å². The van der Waals surface area contributed by atoms with E-state index in [4.69, 9.17) is 21.4 Å². The van der Waals surface area contributed by atoms with Gasteiger partial charge in [-0.15, -0.1) is 0 Å². The van der Waals surface area contributed by atoms with Crippen LogP contribution in [-0.4, -0.2) is 17.0 Å². The van der Waals surface area contributed by atoms with Crippen LogP contribution in [-0.2, 0) is 11.4 Å². The molecule has 7 heteroatoms. The highest BCUT2D eigenvalue weighted by atomic mass is 35.5. The van der Waals surface area contributed by atoms with Gasteiger partial charge in [-0.2, -0.15) is 5.26 Å². The van der Waals surface area contributed by atoms with Gasteiger partial charge >= 0.3 is 5.97 Å². The van der Waals surface area contributed by atoms with Gasteiger partial charge in [0.25, 0.3) is 5.91 Å². The van der Waals surface area contributed by atoms with Crippen LogP contribution in [0.15, 0.2) is 78.4 Å². The van der Waals surface area contributed by atoms with E-state index in [0.717, 1.165) is 5.56 Å². The standard InChI is InChI=1S/C24H17ClN2O4/c25-20-2-1-3-21(13-20)27-23(28)19(14-26)12-16-6-10-22(11-7-16)31-15-17-4-8-18(9-5-17)24(29)30/h1-13H,15H2,(H,27,28)(H,29,30)/b19-12+. The van der Waals surface area contributed by atoms with E-state index in [2.05, 4.69) is 5.32 Å². The molecule has 0 aliphatic carbocycles. The molecule has 0 atom stereocenters. The van der Waals surface area contributed by atoms with E-state index >= 15 is 0 Å². The second kappa shape index (κ2) is 10.1. The monoisotopic (exact) mass is 432 g/mol. The maximum absolute atomic E-state index is 12.3. The van der Waals surface area contributed by atoms with Crippen LogP contribution in [0, 0.1) is 11.3 Å². The number of benzene rings is 3. The highest BCUT2D eigenvalue weighted by Crippen LogP contribution is 2.18. The van der Waals surface area contributed by atoms with Gasteiger partial charge in [0.2, 0.25) is 0 Å². The highest BCUT2D eigenvalue weighted by molar-refractivity contribution is 6.31. The second-order valence-corrected chi connectivity index (χ2v) is 6.93. The van der Waals surface area contributed by atoms with Gasteiger partial charge in [-0.05, 0) is 59.7 Å². The molecule has 1 amide bonds. The molecule has 0 spiro atoms. The van der Waals surface area contributed by atoms with Crippen molar-refractivity contribution in [3.05, 3.63) is 100 Å². The zero-order chi connectivity index (χ0) is 22.2. The SMILES string of the molecule is N#C/C(=C\c1ccc(OCc2ccc(C(=O)O)cc2)cc1)C(=O)Nc1cccc(Cl)c1. The number of amides is 1. The van der Waals surface area contributed by atoms with Crippen molar-refractivity contribution in [1.29, 1.82) is 5.26 Å². The Morgan fingerprint density at radius 1 is 1.06 bits per heavy atom. The average molecular weight is 433 g/mol. The molecule has 3 aromatic carbocycles. The van der Waals surface area contributed by atoms with Gasteiger partial charge in [-0.25, -0.2) is 4.79 Å². The topological polar surface area (TPSA) is 99.4 Å². The number of carboxylic acids is 1. The number of carbonyl (C=O) groups excluding carboxylic acids is 1. The fourth-order valence-electron chi connectivity index (χ4n) is 2.65. The molecule has 6 nitrogen and oxygen atoms in total. The summed E-state index contributed by atoms with van der Waals surface area (Å²) in [4.78, 5) is 23.2. The molecule has 0 aromatic heterocycles. The van der Waals surface area contributed by atoms with E-state index in [0.29, 0.717) is 22.0 Å². The minimum Gasteiger partial charge on any atom is -0.489 e. The molecule has 3 aromatic rings. The van der Waals surface area contributed by atoms with Crippen molar-refractivity contribution in [3.63, 3.8) is 0 Å². The van der Waals surface area contributed by atoms with Gasteiger partial charge in [0.05, 0.1) is 5.56 Å². The molecule has 154 valence electrons. The summed E-state index contributed by atoms with van der Waals surface area (Å²) in [6.07, 6.45) is 1.48. The minimum absolute atomic E-state index is 0.0489. The summed E-state index contributed by atoms with van der Waals surface area (Å²) in [5, 5.41) is 21.4. The largest absolute Gasteiger partial charge is 0.489 e. The molecule has 0 unspecified atom stereocenters. The Morgan fingerprint density at radius 2 is 1.77 bits per heavy atom. The molecule has 0 aliphatic rings. The summed E-state index contributed by atoms with van der Waals surface area (Å²) in [5.74, 6) is -0.912. The predicted octanol–water partition coefficient (Wildman–Crippen LogP) is 5.16. The maximum atomic E-state index is 12.3. The number of anilines is 1. The molecule has 3 rings (SSSR count). The van der Waals surface area contributed by atoms with Crippen molar-refractivity contribution in [3.8, 4) is 11.8 Å². The van der Waals surface area contributed by atoms with Crippen molar-refractivity contribution in [1.82, 2.24) is 0 Å². The highest BCUT2D eigenvalue weighted by Gasteiger charge is 2.10. The normalized spacial score (nSPS) is 10.8. The third-order valence-corrected chi connectivity index (χ3v) is 4.48. The Morgan fingerprint density at radius 3 is 2.39 bits per heavy atom. The number of ether oxygens (including phenoxy) is 1. The number of aromatic carboxylic acids is 1. The summed E-state index contributed by atoms with van der Waals surface area (Å²) in [6, 6.07) is 21.9. The molecule has 31 heavy (non-hydrogen) atoms. The zero-order valence-electron chi connectivity index (χ0n) is 16.2. The van der Waals surface area contributed by atoms with Crippen LogP contribution in [0.4, 0.5) is 5.69 Å². The van der Waals surface area contributed by atoms with Crippen LogP contribution in [0.2, 0.25) is 5.02 Å². The lowest BCUT2D eigenvalue weighted by Crippen LogP contribution is -2.13. The molecule has 0 bridgehead atoms. The van der Waals surface area contributed by atoms with Crippen LogP contribution in [0.1, 0.15) is 21.5 Å². The number of carboxylic acid groups (broad SMARTS) is 1. The van der Waals surface area contributed by atoms with E-state index in [1.165, 1.54) is 18.2 Å². The number of nitriles is 1. The quantitative estimate of drug-likeness (QED) is 0.396. The third-order valence-electron chi connectivity index (χ3n) is 4.25. The van der Waals surface area contributed by atoms with Crippen LogP contribution in [0.3, 0.4) is 0 Å². The third kappa shape index (κ3) is 6.20. The Kier molecular flexibility index (Phi) is 7.05. The summed E-state index contributed by atoms with van der Waals surface area (Å²) < 4.78 is 5.69. The molecule has 0 fully saturated rings. The Balaban J connectivity index is 1.62. The molecule has 0 saturated heterocycles. The van der Waals surface area contributed by atoms with Crippen molar-refractivity contribution < 1.29 is 19.4 Å². The number of carbonyl (C=O) groups is 2. The van der Waals surface area contributed by atoms with Crippen LogP contribution in [0.5, 0.6) is 5.75 Å². The van der Waals surface area contributed by atoms with Gasteiger partial charge in [-0.3, -0.25) is 4.79 Å². The molecule has 0 radical (unpaired) electrons. The summed E-state index contributed by atoms with van der Waals surface area (Å²) in [6.45, 7) is 0.278. The lowest BCUT2D eigenvalue weighted by Gasteiger charge is -2.07. The minimum atomic E-state index is -0.978. The van der Waals surface area contributed by atoms with Crippen molar-refractivity contribution >= 4 is 35.2 Å². The number of nitrogens with one attached hydrogen (secondary N) is 1. The first kappa shape index (κ1) is 21.6. The first-order chi connectivity index (χ1) is 14.9. The lowest BCUT2D eigenvalue weighted by molar-refractivity contribution is -0.112. The van der Waals surface area contributed by atoms with E-state index in [1.54, 1.807) is 60.7 Å². The first-order valence-corrected chi connectivity index (χ1v) is 9.56. The van der Waals surface area contributed by atoms with Crippen molar-refractivity contribution in [2.45, 2.75) is 6.61 Å². The van der Waals surface area contributed by atoms with E-state index in [9.17, 15) is 14.9 Å². The van der Waals surface area contributed by atoms with Gasteiger partial charge < -0.3 is 15.2 Å². The first-order valence-electron chi connectivity index (χ1n) is 9.18. The van der Waals surface area contributed by atoms with E-state index < -0.39 is 11.9 Å². The number of halogens is 1. The fourth-order valence-corrected chi connectivity index (χ4v) is 2.84. The molecule has 0 heterocycles. The lowest BCUT2D eigenvalue weighted by atomic mass is 10.1. The number of nitrogens with zero attached hydrogens (tertiary/aromatic N) is 1. The van der Waals surface area contributed by atoms with Crippen LogP contribution in [0.25, 0.3) is 6.08 Å². The van der Waals surface area contributed by atoms with Crippen molar-refractivity contribution in [2.24, 2.45) is 0 Å². The van der Waals surface area contributed by atoms with Gasteiger partial charge in [0.15, 0.2) is 0 Å². The Hall–Kier alpha value is -4.08. The summed E-state index contributed by atoms with van der Waals surface area (Å²) >= 11 is 5.90. The average Bonchev–Trinajstić information content (AvgIpc) is 2.77. The maximum Gasteiger partial charge on any atom is 0.335 e. The number of hydrogen-bond acceptors (Lipinski definition) is 4. The summed E-state index contributed by atoms with van der Waals surface area (Å²) in [7, 11) is 0. The Labute approximate surface area is 184 Å². The second-order valence-electron chi connectivity index (χ2n) is 6.49. The molecular weight excluding hydrogens is 416 g/mol. The van der Waals surface area contributed by atoms with E-state index in [1.807, 2.05) is 6.07 Å². The number of rotatable bonds is 7. The number of hydrogen-bond donors (Lipinski definition) is 2. The smallest absolute Gasteiger partial charge is 0.335 e. The molecular formula is C24H17ClN2O4. The predicted molar refractivity (Wildman–Crippen MR) is 118 cm³/mol.